The highest BCUT2D eigenvalue weighted by atomic mass is 14.9. The van der Waals surface area contributed by atoms with Gasteiger partial charge in [-0.2, -0.15) is 0 Å². The molecule has 1 fully saturated rings. The number of nitrogens with zero attached hydrogens (tertiary/aromatic N) is 2. The summed E-state index contributed by atoms with van der Waals surface area (Å²) in [4.78, 5) is 5.05. The van der Waals surface area contributed by atoms with Gasteiger partial charge in [-0.25, -0.2) is 0 Å². The number of hydrogen-bond donors (Lipinski definition) is 0. The van der Waals surface area contributed by atoms with E-state index in [4.69, 9.17) is 4.98 Å². The maximum Gasteiger partial charge on any atom is 0.0823 e. The van der Waals surface area contributed by atoms with E-state index in [-0.39, 0.29) is 0 Å². The summed E-state index contributed by atoms with van der Waals surface area (Å²) in [6.45, 7) is 4.68. The number of aromatic nitrogens is 2. The minimum atomic E-state index is 0.562. The Balaban J connectivity index is 1.70. The topological polar surface area (TPSA) is 17.3 Å². The highest BCUT2D eigenvalue weighted by molar-refractivity contribution is 6.29. The lowest BCUT2D eigenvalue weighted by Crippen LogP contribution is -2.02. The van der Waals surface area contributed by atoms with Gasteiger partial charge >= 0.3 is 0 Å². The standard InChI is InChI=1S/C34H30N2/c1-20(2)18-27-24-11-6-5-10-23(24)19-28-32-30-22(16-17-35-32)14-15-26-31-25(21-8-3-4-9-21)12-7-13-29(31)36(33(27)28)34(26)30/h5-7,10-17,19-21H,3-4,8-9,18H2,1-2H3. The molecule has 0 unspecified atom stereocenters. The van der Waals surface area contributed by atoms with Gasteiger partial charge in [-0.15, -0.1) is 0 Å². The Bertz CT molecular complexity index is 1950. The van der Waals surface area contributed by atoms with Gasteiger partial charge < -0.3 is 4.40 Å². The maximum atomic E-state index is 5.05. The molecule has 0 bridgehead atoms. The first-order valence-corrected chi connectivity index (χ1v) is 13.6. The fraction of sp³-hybridized carbons (Fsp3) is 0.265. The number of hydrogen-bond acceptors (Lipinski definition) is 1. The van der Waals surface area contributed by atoms with E-state index in [1.165, 1.54) is 85.5 Å². The second-order valence-electron chi connectivity index (χ2n) is 11.3. The molecular formula is C34H30N2. The minimum Gasteiger partial charge on any atom is -0.308 e. The molecule has 2 heteroatoms. The normalized spacial score (nSPS) is 15.3. The lowest BCUT2D eigenvalue weighted by atomic mass is 9.91. The van der Waals surface area contributed by atoms with Gasteiger partial charge in [0.15, 0.2) is 0 Å². The number of rotatable bonds is 3. The van der Waals surface area contributed by atoms with Crippen molar-refractivity contribution in [1.82, 2.24) is 9.38 Å². The molecule has 36 heavy (non-hydrogen) atoms. The zero-order valence-electron chi connectivity index (χ0n) is 21.0. The Morgan fingerprint density at radius 2 is 1.67 bits per heavy atom. The highest BCUT2D eigenvalue weighted by Crippen LogP contribution is 2.46. The fourth-order valence-corrected chi connectivity index (χ4v) is 7.32. The Labute approximate surface area is 210 Å². The van der Waals surface area contributed by atoms with Crippen LogP contribution >= 0.6 is 0 Å². The van der Waals surface area contributed by atoms with Crippen LogP contribution in [0.1, 0.15) is 56.6 Å². The zero-order valence-corrected chi connectivity index (χ0v) is 21.0. The van der Waals surface area contributed by atoms with Crippen molar-refractivity contribution in [3.63, 3.8) is 0 Å². The van der Waals surface area contributed by atoms with Gasteiger partial charge in [0.25, 0.3) is 0 Å². The van der Waals surface area contributed by atoms with Crippen molar-refractivity contribution in [2.45, 2.75) is 51.9 Å². The molecule has 1 aliphatic rings. The lowest BCUT2D eigenvalue weighted by molar-refractivity contribution is 0.652. The van der Waals surface area contributed by atoms with Crippen LogP contribution in [-0.2, 0) is 6.42 Å². The van der Waals surface area contributed by atoms with Crippen molar-refractivity contribution >= 4 is 59.8 Å². The summed E-state index contributed by atoms with van der Waals surface area (Å²) < 4.78 is 2.62. The Morgan fingerprint density at radius 3 is 2.53 bits per heavy atom. The van der Waals surface area contributed by atoms with E-state index in [1.807, 2.05) is 6.20 Å². The minimum absolute atomic E-state index is 0.562. The summed E-state index contributed by atoms with van der Waals surface area (Å²) >= 11 is 0. The van der Waals surface area contributed by atoms with Crippen molar-refractivity contribution in [1.29, 1.82) is 0 Å². The summed E-state index contributed by atoms with van der Waals surface area (Å²) in [6.07, 6.45) is 8.37. The van der Waals surface area contributed by atoms with Crippen molar-refractivity contribution in [3.05, 3.63) is 84.1 Å². The van der Waals surface area contributed by atoms with Crippen LogP contribution in [0.25, 0.3) is 59.8 Å². The monoisotopic (exact) mass is 466 g/mol. The van der Waals surface area contributed by atoms with E-state index in [1.54, 1.807) is 5.56 Å². The molecule has 0 aliphatic heterocycles. The van der Waals surface area contributed by atoms with E-state index in [2.05, 4.69) is 85.0 Å². The van der Waals surface area contributed by atoms with Gasteiger partial charge in [0.05, 0.1) is 22.1 Å². The summed E-state index contributed by atoms with van der Waals surface area (Å²) in [5, 5.41) is 9.41. The summed E-state index contributed by atoms with van der Waals surface area (Å²) in [6, 6.07) is 25.3. The first-order chi connectivity index (χ1) is 17.7. The van der Waals surface area contributed by atoms with Crippen molar-refractivity contribution in [2.24, 2.45) is 5.92 Å². The first kappa shape index (κ1) is 20.5. The van der Waals surface area contributed by atoms with Gasteiger partial charge in [-0.1, -0.05) is 75.2 Å². The second kappa shape index (κ2) is 7.43. The molecule has 0 N–H and O–H groups in total. The second-order valence-corrected chi connectivity index (χ2v) is 11.3. The molecular weight excluding hydrogens is 436 g/mol. The third kappa shape index (κ3) is 2.65. The molecule has 0 amide bonds. The summed E-state index contributed by atoms with van der Waals surface area (Å²) in [5.74, 6) is 1.23. The number of pyridine rings is 2. The average Bonchev–Trinajstić information content (AvgIpc) is 3.55. The molecule has 7 aromatic rings. The van der Waals surface area contributed by atoms with E-state index < -0.39 is 0 Å². The van der Waals surface area contributed by atoms with Crippen molar-refractivity contribution in [3.8, 4) is 0 Å². The Hall–Kier alpha value is -3.65. The molecule has 0 spiro atoms. The van der Waals surface area contributed by atoms with E-state index in [0.717, 1.165) is 11.9 Å². The van der Waals surface area contributed by atoms with E-state index >= 15 is 0 Å². The first-order valence-electron chi connectivity index (χ1n) is 13.6. The third-order valence-electron chi connectivity index (χ3n) is 8.73. The maximum absolute atomic E-state index is 5.05. The molecule has 176 valence electrons. The molecule has 1 aliphatic carbocycles. The number of fused-ring (bicyclic) bond motifs is 7. The Kier molecular flexibility index (Phi) is 4.24. The molecule has 4 aromatic carbocycles. The van der Waals surface area contributed by atoms with Crippen LogP contribution in [0.2, 0.25) is 0 Å². The van der Waals surface area contributed by atoms with Crippen LogP contribution in [0.5, 0.6) is 0 Å². The molecule has 8 rings (SSSR count). The largest absolute Gasteiger partial charge is 0.308 e. The Morgan fingerprint density at radius 1 is 0.806 bits per heavy atom. The summed E-state index contributed by atoms with van der Waals surface area (Å²) in [5.41, 5.74) is 8.21. The molecule has 3 aromatic heterocycles. The van der Waals surface area contributed by atoms with Gasteiger partial charge in [-0.3, -0.25) is 4.98 Å². The zero-order chi connectivity index (χ0) is 24.0. The smallest absolute Gasteiger partial charge is 0.0823 e. The molecule has 0 radical (unpaired) electrons. The van der Waals surface area contributed by atoms with Crippen LogP contribution in [0.4, 0.5) is 0 Å². The molecule has 2 nitrogen and oxygen atoms in total. The highest BCUT2D eigenvalue weighted by Gasteiger charge is 2.26. The fourth-order valence-electron chi connectivity index (χ4n) is 7.32. The van der Waals surface area contributed by atoms with Crippen molar-refractivity contribution in [2.75, 3.05) is 0 Å². The van der Waals surface area contributed by atoms with Gasteiger partial charge in [0, 0.05) is 27.7 Å². The predicted molar refractivity (Wildman–Crippen MR) is 154 cm³/mol. The molecule has 1 saturated carbocycles. The molecule has 3 heterocycles. The summed E-state index contributed by atoms with van der Waals surface area (Å²) in [7, 11) is 0. The lowest BCUT2D eigenvalue weighted by Gasteiger charge is -2.18. The SMILES string of the molecule is CC(C)Cc1c2ccccc2cc2c3nccc4ccc5c6c(C7CCCC7)cccc6n(c12)c5c43. The van der Waals surface area contributed by atoms with Crippen LogP contribution < -0.4 is 0 Å². The van der Waals surface area contributed by atoms with Crippen LogP contribution in [-0.4, -0.2) is 9.38 Å². The van der Waals surface area contributed by atoms with E-state index in [0.29, 0.717) is 11.8 Å². The predicted octanol–water partition coefficient (Wildman–Crippen LogP) is 9.39. The van der Waals surface area contributed by atoms with Gasteiger partial charge in [0.1, 0.15) is 0 Å². The van der Waals surface area contributed by atoms with Crippen molar-refractivity contribution < 1.29 is 0 Å². The van der Waals surface area contributed by atoms with Crippen LogP contribution in [0, 0.1) is 5.92 Å². The van der Waals surface area contributed by atoms with Gasteiger partial charge in [0.2, 0.25) is 0 Å². The molecule has 0 atom stereocenters. The molecule has 0 saturated heterocycles. The number of benzene rings is 4. The van der Waals surface area contributed by atoms with Gasteiger partial charge in [-0.05, 0) is 76.6 Å². The third-order valence-corrected chi connectivity index (χ3v) is 8.73. The van der Waals surface area contributed by atoms with Crippen LogP contribution in [0.3, 0.4) is 0 Å². The van der Waals surface area contributed by atoms with E-state index in [9.17, 15) is 0 Å². The van der Waals surface area contributed by atoms with Crippen LogP contribution in [0.15, 0.2) is 72.9 Å². The quantitative estimate of drug-likeness (QED) is 0.187. The average molecular weight is 467 g/mol.